The molecule has 0 aliphatic heterocycles. The molecule has 0 saturated carbocycles. The number of halogens is 1. The lowest BCUT2D eigenvalue weighted by molar-refractivity contribution is 0.454. The fourth-order valence-corrected chi connectivity index (χ4v) is 2.54. The van der Waals surface area contributed by atoms with Crippen LogP contribution in [0, 0.1) is 5.82 Å². The molecule has 0 aliphatic carbocycles. The van der Waals surface area contributed by atoms with E-state index in [1.807, 2.05) is 0 Å². The molecule has 2 aromatic rings. The number of aromatic amines is 1. The smallest absolute Gasteiger partial charge is 0.260 e. The lowest BCUT2D eigenvalue weighted by atomic mass is 10.2. The van der Waals surface area contributed by atoms with Crippen LogP contribution in [0.1, 0.15) is 5.56 Å². The Balaban J connectivity index is 2.24. The molecule has 0 atom stereocenters. The molecule has 0 amide bonds. The summed E-state index contributed by atoms with van der Waals surface area (Å²) in [6.07, 6.45) is 2.50. The summed E-state index contributed by atoms with van der Waals surface area (Å²) >= 11 is 0. The van der Waals surface area contributed by atoms with E-state index in [0.29, 0.717) is 5.56 Å². The van der Waals surface area contributed by atoms with E-state index in [9.17, 15) is 12.8 Å². The SMILES string of the molecule is CN(Cc1ccccc1F)S(=O)(=O)c1cnc[nH]1. The van der Waals surface area contributed by atoms with E-state index in [-0.39, 0.29) is 11.6 Å². The molecule has 0 spiro atoms. The van der Waals surface area contributed by atoms with E-state index in [2.05, 4.69) is 9.97 Å². The predicted molar refractivity (Wildman–Crippen MR) is 63.6 cm³/mol. The second-order valence-corrected chi connectivity index (χ2v) is 5.78. The highest BCUT2D eigenvalue weighted by atomic mass is 32.2. The van der Waals surface area contributed by atoms with E-state index in [1.165, 1.54) is 25.6 Å². The Bertz CT molecular complexity index is 625. The van der Waals surface area contributed by atoms with E-state index in [1.54, 1.807) is 18.2 Å². The second kappa shape index (κ2) is 4.87. The highest BCUT2D eigenvalue weighted by molar-refractivity contribution is 7.89. The number of imidazole rings is 1. The monoisotopic (exact) mass is 269 g/mol. The molecule has 0 unspecified atom stereocenters. The molecule has 18 heavy (non-hydrogen) atoms. The Hall–Kier alpha value is -1.73. The van der Waals surface area contributed by atoms with Crippen molar-refractivity contribution in [1.29, 1.82) is 0 Å². The normalized spacial score (nSPS) is 11.9. The zero-order valence-corrected chi connectivity index (χ0v) is 10.5. The largest absolute Gasteiger partial charge is 0.335 e. The Labute approximate surface area is 104 Å². The van der Waals surface area contributed by atoms with Crippen molar-refractivity contribution in [3.05, 3.63) is 48.2 Å². The summed E-state index contributed by atoms with van der Waals surface area (Å²) in [6.45, 7) is -0.0337. The summed E-state index contributed by atoms with van der Waals surface area (Å²) in [5, 5.41) is -0.0126. The molecule has 1 heterocycles. The molecule has 96 valence electrons. The first kappa shape index (κ1) is 12.7. The second-order valence-electron chi connectivity index (χ2n) is 3.77. The molecule has 0 radical (unpaired) electrons. The summed E-state index contributed by atoms with van der Waals surface area (Å²) in [4.78, 5) is 6.18. The number of nitrogens with one attached hydrogen (secondary N) is 1. The summed E-state index contributed by atoms with van der Waals surface area (Å²) in [7, 11) is -2.27. The molecular weight excluding hydrogens is 257 g/mol. The van der Waals surface area contributed by atoms with Crippen LogP contribution in [0.4, 0.5) is 4.39 Å². The topological polar surface area (TPSA) is 66.1 Å². The van der Waals surface area contributed by atoms with Gasteiger partial charge in [-0.3, -0.25) is 0 Å². The first-order valence-corrected chi connectivity index (χ1v) is 6.64. The van der Waals surface area contributed by atoms with E-state index in [0.717, 1.165) is 4.31 Å². The fourth-order valence-electron chi connectivity index (χ4n) is 1.50. The van der Waals surface area contributed by atoms with Crippen LogP contribution >= 0.6 is 0 Å². The first-order chi connectivity index (χ1) is 8.51. The molecule has 0 saturated heterocycles. The summed E-state index contributed by atoms with van der Waals surface area (Å²) in [5.41, 5.74) is 0.322. The van der Waals surface area contributed by atoms with Crippen LogP contribution in [0.15, 0.2) is 41.8 Å². The van der Waals surface area contributed by atoms with Gasteiger partial charge in [0.25, 0.3) is 10.0 Å². The van der Waals surface area contributed by atoms with Gasteiger partial charge >= 0.3 is 0 Å². The van der Waals surface area contributed by atoms with Crippen molar-refractivity contribution in [2.45, 2.75) is 11.6 Å². The van der Waals surface area contributed by atoms with Crippen LogP contribution in [0.5, 0.6) is 0 Å². The van der Waals surface area contributed by atoms with Gasteiger partial charge in [0.15, 0.2) is 5.03 Å². The standard InChI is InChI=1S/C11H12FN3O2S/c1-15(7-9-4-2-3-5-10(9)12)18(16,17)11-6-13-8-14-11/h2-6,8H,7H2,1H3,(H,13,14). The molecular formula is C11H12FN3O2S. The van der Waals surface area contributed by atoms with Gasteiger partial charge in [0.05, 0.1) is 12.5 Å². The van der Waals surface area contributed by atoms with Gasteiger partial charge in [0.2, 0.25) is 0 Å². The van der Waals surface area contributed by atoms with Gasteiger partial charge < -0.3 is 4.98 Å². The summed E-state index contributed by atoms with van der Waals surface area (Å²) in [6, 6.07) is 6.07. The minimum atomic E-state index is -3.66. The van der Waals surface area contributed by atoms with Gasteiger partial charge in [-0.2, -0.15) is 4.31 Å². The number of sulfonamides is 1. The van der Waals surface area contributed by atoms with Gasteiger partial charge in [0.1, 0.15) is 5.82 Å². The van der Waals surface area contributed by atoms with Gasteiger partial charge in [0, 0.05) is 19.2 Å². The van der Waals surface area contributed by atoms with Crippen LogP contribution < -0.4 is 0 Å². The number of hydrogen-bond acceptors (Lipinski definition) is 3. The molecule has 0 fully saturated rings. The van der Waals surface area contributed by atoms with Crippen LogP contribution in [0.3, 0.4) is 0 Å². The third kappa shape index (κ3) is 2.41. The Morgan fingerprint density at radius 2 is 2.11 bits per heavy atom. The highest BCUT2D eigenvalue weighted by Gasteiger charge is 2.22. The van der Waals surface area contributed by atoms with E-state index in [4.69, 9.17) is 0 Å². The van der Waals surface area contributed by atoms with Crippen molar-refractivity contribution in [2.24, 2.45) is 0 Å². The van der Waals surface area contributed by atoms with E-state index >= 15 is 0 Å². The summed E-state index contributed by atoms with van der Waals surface area (Å²) < 4.78 is 38.6. The minimum Gasteiger partial charge on any atom is -0.335 e. The third-order valence-corrected chi connectivity index (χ3v) is 4.24. The van der Waals surface area contributed by atoms with Crippen molar-refractivity contribution in [1.82, 2.24) is 14.3 Å². The number of H-pyrrole nitrogens is 1. The Morgan fingerprint density at radius 3 is 2.72 bits per heavy atom. The van der Waals surface area contributed by atoms with Crippen molar-refractivity contribution in [2.75, 3.05) is 7.05 Å². The number of nitrogens with zero attached hydrogens (tertiary/aromatic N) is 2. The Kier molecular flexibility index (Phi) is 3.44. The average Bonchev–Trinajstić information content (AvgIpc) is 2.86. The van der Waals surface area contributed by atoms with Crippen LogP contribution in [-0.4, -0.2) is 29.7 Å². The molecule has 5 nitrogen and oxygen atoms in total. The maximum Gasteiger partial charge on any atom is 0.260 e. The molecule has 2 rings (SSSR count). The van der Waals surface area contributed by atoms with Crippen LogP contribution in [0.2, 0.25) is 0 Å². The average molecular weight is 269 g/mol. The maximum atomic E-state index is 13.4. The number of rotatable bonds is 4. The lowest BCUT2D eigenvalue weighted by Gasteiger charge is -2.16. The minimum absolute atomic E-state index is 0.0126. The zero-order chi connectivity index (χ0) is 13.2. The molecule has 0 aliphatic rings. The molecule has 0 bridgehead atoms. The van der Waals surface area contributed by atoms with Gasteiger partial charge in [-0.15, -0.1) is 0 Å². The zero-order valence-electron chi connectivity index (χ0n) is 9.67. The van der Waals surface area contributed by atoms with Gasteiger partial charge in [-0.1, -0.05) is 18.2 Å². The number of hydrogen-bond donors (Lipinski definition) is 1. The van der Waals surface area contributed by atoms with Crippen molar-refractivity contribution in [3.8, 4) is 0 Å². The molecule has 1 N–H and O–H groups in total. The number of aromatic nitrogens is 2. The lowest BCUT2D eigenvalue weighted by Crippen LogP contribution is -2.27. The third-order valence-electron chi connectivity index (χ3n) is 2.51. The highest BCUT2D eigenvalue weighted by Crippen LogP contribution is 2.15. The van der Waals surface area contributed by atoms with Crippen molar-refractivity contribution < 1.29 is 12.8 Å². The maximum absolute atomic E-state index is 13.4. The predicted octanol–water partition coefficient (Wildman–Crippen LogP) is 1.37. The fraction of sp³-hybridized carbons (Fsp3) is 0.182. The first-order valence-electron chi connectivity index (χ1n) is 5.20. The molecule has 1 aromatic carbocycles. The quantitative estimate of drug-likeness (QED) is 0.911. The summed E-state index contributed by atoms with van der Waals surface area (Å²) in [5.74, 6) is -0.427. The van der Waals surface area contributed by atoms with Gasteiger partial charge in [-0.25, -0.2) is 17.8 Å². The van der Waals surface area contributed by atoms with Crippen molar-refractivity contribution in [3.63, 3.8) is 0 Å². The molecule has 7 heteroatoms. The van der Waals surface area contributed by atoms with Crippen molar-refractivity contribution >= 4 is 10.0 Å². The van der Waals surface area contributed by atoms with Crippen LogP contribution in [-0.2, 0) is 16.6 Å². The molecule has 1 aromatic heterocycles. The van der Waals surface area contributed by atoms with E-state index < -0.39 is 15.8 Å². The Morgan fingerprint density at radius 1 is 1.39 bits per heavy atom. The van der Waals surface area contributed by atoms with Crippen LogP contribution in [0.25, 0.3) is 0 Å². The number of benzene rings is 1. The van der Waals surface area contributed by atoms with Gasteiger partial charge in [-0.05, 0) is 6.07 Å².